The van der Waals surface area contributed by atoms with Gasteiger partial charge in [0.05, 0.1) is 26.5 Å². The van der Waals surface area contributed by atoms with E-state index in [1.165, 1.54) is 13.3 Å². The van der Waals surface area contributed by atoms with Crippen molar-refractivity contribution in [1.29, 1.82) is 0 Å². The number of hydrogen-bond donors (Lipinski definition) is 3. The number of hydrazone groups is 1. The molecule has 2 aromatic carbocycles. The number of nitrogens with one attached hydrogen (secondary N) is 3. The molecule has 1 fully saturated rings. The highest BCUT2D eigenvalue weighted by molar-refractivity contribution is 6.35. The van der Waals surface area contributed by atoms with Gasteiger partial charge in [-0.2, -0.15) is 5.10 Å². The van der Waals surface area contributed by atoms with Crippen molar-refractivity contribution >= 4 is 29.6 Å². The Morgan fingerprint density at radius 3 is 2.57 bits per heavy atom. The van der Waals surface area contributed by atoms with Gasteiger partial charge in [-0.05, 0) is 49.2 Å². The van der Waals surface area contributed by atoms with E-state index in [0.717, 1.165) is 12.8 Å². The zero-order valence-corrected chi connectivity index (χ0v) is 19.5. The summed E-state index contributed by atoms with van der Waals surface area (Å²) in [7, 11) is 3.02. The number of methoxy groups -OCH3 is 2. The fourth-order valence-electron chi connectivity index (χ4n) is 3.26. The quantitative estimate of drug-likeness (QED) is 0.264. The summed E-state index contributed by atoms with van der Waals surface area (Å²) in [4.78, 5) is 36.2. The van der Waals surface area contributed by atoms with Crippen LogP contribution in [0.5, 0.6) is 17.2 Å². The molecule has 3 rings (SSSR count). The summed E-state index contributed by atoms with van der Waals surface area (Å²) >= 11 is 0. The minimum atomic E-state index is -0.913. The number of rotatable bonds is 10. The van der Waals surface area contributed by atoms with Crippen LogP contribution >= 0.6 is 0 Å². The maximum absolute atomic E-state index is 12.3. The highest BCUT2D eigenvalue weighted by atomic mass is 16.5. The molecule has 0 aliphatic carbocycles. The molecule has 186 valence electrons. The zero-order chi connectivity index (χ0) is 25.0. The molecule has 1 aliphatic heterocycles. The monoisotopic (exact) mass is 484 g/mol. The van der Waals surface area contributed by atoms with E-state index in [1.807, 2.05) is 0 Å². The van der Waals surface area contributed by atoms with E-state index in [0.29, 0.717) is 29.4 Å². The first-order chi connectivity index (χ1) is 17.0. The Kier molecular flexibility index (Phi) is 9.43. The molecule has 35 heavy (non-hydrogen) atoms. The summed E-state index contributed by atoms with van der Waals surface area (Å²) in [5.74, 6) is -0.823. The molecule has 0 spiro atoms. The third-order valence-electron chi connectivity index (χ3n) is 5.04. The largest absolute Gasteiger partial charge is 0.497 e. The number of para-hydroxylation sites is 1. The smallest absolute Gasteiger partial charge is 0.329 e. The molecular formula is C24H28N4O7. The van der Waals surface area contributed by atoms with Gasteiger partial charge in [-0.1, -0.05) is 6.07 Å². The van der Waals surface area contributed by atoms with Gasteiger partial charge >= 0.3 is 11.8 Å². The number of anilines is 1. The Morgan fingerprint density at radius 1 is 1.09 bits per heavy atom. The summed E-state index contributed by atoms with van der Waals surface area (Å²) < 4.78 is 21.5. The fraction of sp³-hybridized carbons (Fsp3) is 0.333. The van der Waals surface area contributed by atoms with Gasteiger partial charge in [0.25, 0.3) is 5.91 Å². The standard InChI is InChI=1S/C24H28N4O7/c1-32-18-10-8-17(9-11-18)27-21(29)15-35-22-16(5-3-7-20(22)33-2)13-26-28-24(31)23(30)25-14-19-6-4-12-34-19/h3,5,7-11,13,19H,4,6,12,14-15H2,1-2H3,(H,25,30)(H,27,29)(H,28,31)/b26-13-/t19-/m0/s1. The van der Waals surface area contributed by atoms with E-state index >= 15 is 0 Å². The lowest BCUT2D eigenvalue weighted by Crippen LogP contribution is -2.41. The molecule has 1 aliphatic rings. The number of hydrogen-bond acceptors (Lipinski definition) is 8. The average Bonchev–Trinajstić information content (AvgIpc) is 3.40. The third kappa shape index (κ3) is 7.71. The Morgan fingerprint density at radius 2 is 1.89 bits per heavy atom. The van der Waals surface area contributed by atoms with Crippen molar-refractivity contribution in [2.75, 3.05) is 39.3 Å². The highest BCUT2D eigenvalue weighted by Gasteiger charge is 2.19. The van der Waals surface area contributed by atoms with E-state index in [-0.39, 0.29) is 30.9 Å². The number of carbonyl (C=O) groups excluding carboxylic acids is 3. The Balaban J connectivity index is 1.55. The maximum Gasteiger partial charge on any atom is 0.329 e. The lowest BCUT2D eigenvalue weighted by molar-refractivity contribution is -0.139. The Bertz CT molecular complexity index is 1050. The van der Waals surface area contributed by atoms with Gasteiger partial charge in [0.15, 0.2) is 18.1 Å². The van der Waals surface area contributed by atoms with Crippen molar-refractivity contribution in [2.24, 2.45) is 5.10 Å². The van der Waals surface area contributed by atoms with Crippen LogP contribution in [0.1, 0.15) is 18.4 Å². The molecule has 1 atom stereocenters. The van der Waals surface area contributed by atoms with Crippen molar-refractivity contribution in [3.63, 3.8) is 0 Å². The molecule has 3 N–H and O–H groups in total. The zero-order valence-electron chi connectivity index (χ0n) is 19.5. The van der Waals surface area contributed by atoms with E-state index in [4.69, 9.17) is 18.9 Å². The van der Waals surface area contributed by atoms with E-state index in [2.05, 4.69) is 21.2 Å². The van der Waals surface area contributed by atoms with Crippen molar-refractivity contribution in [1.82, 2.24) is 10.7 Å². The first-order valence-electron chi connectivity index (χ1n) is 11.0. The Labute approximate surface area is 202 Å². The van der Waals surface area contributed by atoms with Crippen molar-refractivity contribution in [3.8, 4) is 17.2 Å². The van der Waals surface area contributed by atoms with Gasteiger partial charge in [0, 0.05) is 24.4 Å². The van der Waals surface area contributed by atoms with Crippen LogP contribution in [0.2, 0.25) is 0 Å². The second-order valence-corrected chi connectivity index (χ2v) is 7.49. The van der Waals surface area contributed by atoms with Crippen LogP contribution in [0, 0.1) is 0 Å². The summed E-state index contributed by atoms with van der Waals surface area (Å²) in [6, 6.07) is 11.9. The molecule has 0 radical (unpaired) electrons. The summed E-state index contributed by atoms with van der Waals surface area (Å²) in [5.41, 5.74) is 3.19. The van der Waals surface area contributed by atoms with E-state index in [9.17, 15) is 14.4 Å². The number of carbonyl (C=O) groups is 3. The first-order valence-corrected chi connectivity index (χ1v) is 11.0. The van der Waals surface area contributed by atoms with Gasteiger partial charge in [-0.25, -0.2) is 5.43 Å². The van der Waals surface area contributed by atoms with Crippen LogP contribution < -0.4 is 30.3 Å². The number of ether oxygens (including phenoxy) is 4. The second-order valence-electron chi connectivity index (χ2n) is 7.49. The molecule has 1 saturated heterocycles. The molecular weight excluding hydrogens is 456 g/mol. The fourth-order valence-corrected chi connectivity index (χ4v) is 3.26. The minimum absolute atomic E-state index is 0.0753. The van der Waals surface area contributed by atoms with Gasteiger partial charge in [0.1, 0.15) is 5.75 Å². The van der Waals surface area contributed by atoms with Gasteiger partial charge in [-0.3, -0.25) is 14.4 Å². The summed E-state index contributed by atoms with van der Waals surface area (Å²) in [6.07, 6.45) is 3.00. The summed E-state index contributed by atoms with van der Waals surface area (Å²) in [6.45, 7) is 0.624. The predicted octanol–water partition coefficient (Wildman–Crippen LogP) is 1.47. The maximum atomic E-state index is 12.3. The molecule has 11 nitrogen and oxygen atoms in total. The topological polar surface area (TPSA) is 137 Å². The van der Waals surface area contributed by atoms with E-state index in [1.54, 1.807) is 49.6 Å². The molecule has 11 heteroatoms. The van der Waals surface area contributed by atoms with Crippen LogP contribution in [0.4, 0.5) is 5.69 Å². The third-order valence-corrected chi connectivity index (χ3v) is 5.04. The van der Waals surface area contributed by atoms with E-state index < -0.39 is 11.8 Å². The Hall–Kier alpha value is -4.12. The average molecular weight is 485 g/mol. The van der Waals surface area contributed by atoms with Crippen molar-refractivity contribution < 1.29 is 33.3 Å². The van der Waals surface area contributed by atoms with Crippen LogP contribution in [-0.2, 0) is 19.1 Å². The summed E-state index contributed by atoms with van der Waals surface area (Å²) in [5, 5.41) is 9.06. The van der Waals surface area contributed by atoms with Gasteiger partial charge in [0.2, 0.25) is 0 Å². The lowest BCUT2D eigenvalue weighted by Gasteiger charge is -2.13. The van der Waals surface area contributed by atoms with Gasteiger partial charge < -0.3 is 29.6 Å². The molecule has 0 saturated carbocycles. The number of nitrogens with zero attached hydrogens (tertiary/aromatic N) is 1. The minimum Gasteiger partial charge on any atom is -0.497 e. The van der Waals surface area contributed by atoms with Crippen molar-refractivity contribution in [2.45, 2.75) is 18.9 Å². The van der Waals surface area contributed by atoms with Crippen molar-refractivity contribution in [3.05, 3.63) is 48.0 Å². The molecule has 0 aromatic heterocycles. The van der Waals surface area contributed by atoms with Gasteiger partial charge in [-0.15, -0.1) is 0 Å². The van der Waals surface area contributed by atoms with Crippen LogP contribution in [-0.4, -0.2) is 64.0 Å². The highest BCUT2D eigenvalue weighted by Crippen LogP contribution is 2.30. The molecule has 0 unspecified atom stereocenters. The van der Waals surface area contributed by atoms with Crippen LogP contribution in [0.15, 0.2) is 47.6 Å². The SMILES string of the molecule is COc1ccc(NC(=O)COc2c(/C=N\NC(=O)C(=O)NC[C@@H]3CCCO3)cccc2OC)cc1. The molecule has 1 heterocycles. The predicted molar refractivity (Wildman–Crippen MR) is 128 cm³/mol. The van der Waals surface area contributed by atoms with Crippen LogP contribution in [0.25, 0.3) is 0 Å². The van der Waals surface area contributed by atoms with Crippen LogP contribution in [0.3, 0.4) is 0 Å². The number of amides is 3. The molecule has 0 bridgehead atoms. The normalized spacial score (nSPS) is 14.9. The second kappa shape index (κ2) is 12.9. The lowest BCUT2D eigenvalue weighted by atomic mass is 10.2. The number of benzene rings is 2. The first kappa shape index (κ1) is 25.5. The molecule has 2 aromatic rings. The molecule has 3 amide bonds.